The lowest BCUT2D eigenvalue weighted by molar-refractivity contribution is -0.138. The summed E-state index contributed by atoms with van der Waals surface area (Å²) in [4.78, 5) is 23.5. The molecule has 0 amide bonds. The molecule has 0 bridgehead atoms. The Hall–Kier alpha value is -2.28. The molecule has 2 rings (SSSR count). The number of carbonyl (C=O) groups excluding carboxylic acids is 1. The third-order valence-electron chi connectivity index (χ3n) is 3.43. The van der Waals surface area contributed by atoms with Crippen LogP contribution in [0.5, 0.6) is 0 Å². The number of halogens is 2. The quantitative estimate of drug-likeness (QED) is 0.486. The summed E-state index contributed by atoms with van der Waals surface area (Å²) in [5.41, 5.74) is 1.96. The molecule has 2 aromatic rings. The van der Waals surface area contributed by atoms with Gasteiger partial charge in [-0.15, -0.1) is 0 Å². The standard InChI is InChI=1S/C19H14Cl2O3/c1-12-4-2-5-13(10-12)15(19(23)24)6-3-7-18(22)14-8-9-16(20)17(21)11-14/h2,4-5,8-11,15H,6H2,1H3,(H,23,24). The SMILES string of the molecule is Cc1cccc(C(CC#CC(=O)c2ccc(Cl)c(Cl)c2)C(=O)O)c1. The third-order valence-corrected chi connectivity index (χ3v) is 4.17. The minimum atomic E-state index is -0.975. The molecule has 0 aromatic heterocycles. The number of Topliss-reactive ketones (excluding diaryl/α,β-unsaturated/α-hetero) is 1. The number of rotatable bonds is 4. The lowest BCUT2D eigenvalue weighted by atomic mass is 9.94. The lowest BCUT2D eigenvalue weighted by Crippen LogP contribution is -2.11. The van der Waals surface area contributed by atoms with E-state index in [4.69, 9.17) is 23.2 Å². The van der Waals surface area contributed by atoms with E-state index < -0.39 is 17.7 Å². The Morgan fingerprint density at radius 2 is 1.88 bits per heavy atom. The molecular formula is C19H14Cl2O3. The molecule has 1 atom stereocenters. The van der Waals surface area contributed by atoms with Crippen LogP contribution in [0.3, 0.4) is 0 Å². The monoisotopic (exact) mass is 360 g/mol. The molecule has 0 saturated carbocycles. The van der Waals surface area contributed by atoms with Crippen molar-refractivity contribution in [2.24, 2.45) is 0 Å². The number of aryl methyl sites for hydroxylation is 1. The van der Waals surface area contributed by atoms with Crippen LogP contribution < -0.4 is 0 Å². The van der Waals surface area contributed by atoms with Crippen molar-refractivity contribution >= 4 is 35.0 Å². The van der Waals surface area contributed by atoms with Gasteiger partial charge in [-0.05, 0) is 36.6 Å². The van der Waals surface area contributed by atoms with Crippen molar-refractivity contribution in [3.63, 3.8) is 0 Å². The van der Waals surface area contributed by atoms with Gasteiger partial charge in [-0.1, -0.05) is 59.0 Å². The van der Waals surface area contributed by atoms with Crippen molar-refractivity contribution in [3.8, 4) is 11.8 Å². The first-order valence-electron chi connectivity index (χ1n) is 7.16. The zero-order chi connectivity index (χ0) is 17.7. The second-order valence-corrected chi connectivity index (χ2v) is 6.08. The van der Waals surface area contributed by atoms with E-state index in [0.717, 1.165) is 5.56 Å². The molecule has 0 aliphatic rings. The topological polar surface area (TPSA) is 54.4 Å². The highest BCUT2D eigenvalue weighted by Crippen LogP contribution is 2.23. The van der Waals surface area contributed by atoms with Gasteiger partial charge in [0.1, 0.15) is 0 Å². The summed E-state index contributed by atoms with van der Waals surface area (Å²) in [5.74, 6) is 2.94. The predicted molar refractivity (Wildman–Crippen MR) is 94.7 cm³/mol. The highest BCUT2D eigenvalue weighted by Gasteiger charge is 2.18. The number of carboxylic acids is 1. The van der Waals surface area contributed by atoms with Crippen LogP contribution in [0.1, 0.15) is 33.8 Å². The van der Waals surface area contributed by atoms with Gasteiger partial charge in [-0.2, -0.15) is 0 Å². The summed E-state index contributed by atoms with van der Waals surface area (Å²) in [6, 6.07) is 11.7. The van der Waals surface area contributed by atoms with E-state index in [1.807, 2.05) is 13.0 Å². The normalized spacial score (nSPS) is 11.3. The number of carboxylic acid groups (broad SMARTS) is 1. The van der Waals surface area contributed by atoms with E-state index >= 15 is 0 Å². The van der Waals surface area contributed by atoms with E-state index in [1.165, 1.54) is 18.2 Å². The maximum atomic E-state index is 12.0. The summed E-state index contributed by atoms with van der Waals surface area (Å²) in [7, 11) is 0. The molecule has 1 unspecified atom stereocenters. The van der Waals surface area contributed by atoms with Crippen LogP contribution in [0.4, 0.5) is 0 Å². The van der Waals surface area contributed by atoms with Crippen LogP contribution in [0.25, 0.3) is 0 Å². The summed E-state index contributed by atoms with van der Waals surface area (Å²) >= 11 is 11.7. The smallest absolute Gasteiger partial charge is 0.311 e. The zero-order valence-corrected chi connectivity index (χ0v) is 14.4. The zero-order valence-electron chi connectivity index (χ0n) is 12.8. The van der Waals surface area contributed by atoms with Crippen LogP contribution in [0.15, 0.2) is 42.5 Å². The second kappa shape index (κ2) is 8.01. The lowest BCUT2D eigenvalue weighted by Gasteiger charge is -2.09. The van der Waals surface area contributed by atoms with Crippen molar-refractivity contribution in [2.45, 2.75) is 19.3 Å². The fourth-order valence-corrected chi connectivity index (χ4v) is 2.48. The van der Waals surface area contributed by atoms with Gasteiger partial charge in [-0.25, -0.2) is 0 Å². The molecule has 122 valence electrons. The fourth-order valence-electron chi connectivity index (χ4n) is 2.18. The van der Waals surface area contributed by atoms with Crippen LogP contribution in [0, 0.1) is 18.8 Å². The van der Waals surface area contributed by atoms with E-state index in [0.29, 0.717) is 16.1 Å². The van der Waals surface area contributed by atoms with E-state index in [-0.39, 0.29) is 11.4 Å². The van der Waals surface area contributed by atoms with Crippen molar-refractivity contribution in [3.05, 3.63) is 69.2 Å². The second-order valence-electron chi connectivity index (χ2n) is 5.27. The molecule has 0 aliphatic carbocycles. The first kappa shape index (κ1) is 18.1. The van der Waals surface area contributed by atoms with Gasteiger partial charge in [0.2, 0.25) is 5.78 Å². The Morgan fingerprint density at radius 1 is 1.12 bits per heavy atom. The molecule has 0 heterocycles. The van der Waals surface area contributed by atoms with Gasteiger partial charge in [0.25, 0.3) is 0 Å². The summed E-state index contributed by atoms with van der Waals surface area (Å²) in [6.45, 7) is 1.89. The molecule has 3 nitrogen and oxygen atoms in total. The minimum Gasteiger partial charge on any atom is -0.481 e. The largest absolute Gasteiger partial charge is 0.481 e. The van der Waals surface area contributed by atoms with Gasteiger partial charge < -0.3 is 5.11 Å². The number of ketones is 1. The predicted octanol–water partition coefficient (Wildman–Crippen LogP) is 4.75. The molecule has 1 N–H and O–H groups in total. The Labute approximate surface area is 150 Å². The van der Waals surface area contributed by atoms with Gasteiger partial charge >= 0.3 is 5.97 Å². The minimum absolute atomic E-state index is 0.0475. The van der Waals surface area contributed by atoms with Crippen molar-refractivity contribution < 1.29 is 14.7 Å². The first-order chi connectivity index (χ1) is 11.4. The molecule has 2 aromatic carbocycles. The maximum absolute atomic E-state index is 12.0. The Morgan fingerprint density at radius 3 is 2.50 bits per heavy atom. The highest BCUT2D eigenvalue weighted by molar-refractivity contribution is 6.42. The van der Waals surface area contributed by atoms with Gasteiger partial charge in [0.15, 0.2) is 0 Å². The van der Waals surface area contributed by atoms with Crippen LogP contribution in [0.2, 0.25) is 10.0 Å². The molecule has 5 heteroatoms. The first-order valence-corrected chi connectivity index (χ1v) is 7.91. The molecular weight excluding hydrogens is 347 g/mol. The average molecular weight is 361 g/mol. The molecule has 24 heavy (non-hydrogen) atoms. The van der Waals surface area contributed by atoms with E-state index in [1.54, 1.807) is 18.2 Å². The fraction of sp³-hybridized carbons (Fsp3) is 0.158. The summed E-state index contributed by atoms with van der Waals surface area (Å²) in [6.07, 6.45) is 0.0475. The molecule has 0 radical (unpaired) electrons. The third kappa shape index (κ3) is 4.61. The molecule has 0 aliphatic heterocycles. The van der Waals surface area contributed by atoms with Gasteiger partial charge in [-0.3, -0.25) is 9.59 Å². The van der Waals surface area contributed by atoms with Crippen molar-refractivity contribution in [1.82, 2.24) is 0 Å². The van der Waals surface area contributed by atoms with Crippen molar-refractivity contribution in [2.75, 3.05) is 0 Å². The van der Waals surface area contributed by atoms with Crippen LogP contribution >= 0.6 is 23.2 Å². The maximum Gasteiger partial charge on any atom is 0.311 e. The molecule has 0 spiro atoms. The van der Waals surface area contributed by atoms with Crippen LogP contribution in [-0.4, -0.2) is 16.9 Å². The van der Waals surface area contributed by atoms with Gasteiger partial charge in [0.05, 0.1) is 16.0 Å². The molecule has 0 fully saturated rings. The Bertz CT molecular complexity index is 847. The van der Waals surface area contributed by atoms with Gasteiger partial charge in [0, 0.05) is 12.0 Å². The van der Waals surface area contributed by atoms with Crippen molar-refractivity contribution in [1.29, 1.82) is 0 Å². The summed E-state index contributed by atoms with van der Waals surface area (Å²) < 4.78 is 0. The van der Waals surface area contributed by atoms with E-state index in [2.05, 4.69) is 11.8 Å². The van der Waals surface area contributed by atoms with E-state index in [9.17, 15) is 14.7 Å². The number of hydrogen-bond donors (Lipinski definition) is 1. The Kier molecular flexibility index (Phi) is 6.03. The Balaban J connectivity index is 2.15. The molecule has 0 saturated heterocycles. The summed E-state index contributed by atoms with van der Waals surface area (Å²) in [5, 5.41) is 10.0. The number of benzene rings is 2. The average Bonchev–Trinajstić information content (AvgIpc) is 2.53. The number of hydrogen-bond acceptors (Lipinski definition) is 2. The highest BCUT2D eigenvalue weighted by atomic mass is 35.5. The van der Waals surface area contributed by atoms with Crippen LogP contribution in [-0.2, 0) is 4.79 Å². The number of carbonyl (C=O) groups is 2. The number of aliphatic carboxylic acids is 1.